The summed E-state index contributed by atoms with van der Waals surface area (Å²) in [5.41, 5.74) is 1.54. The van der Waals surface area contributed by atoms with Crippen LogP contribution in [0, 0.1) is 12.8 Å². The van der Waals surface area contributed by atoms with Crippen molar-refractivity contribution < 1.29 is 4.74 Å². The molecule has 0 N–H and O–H groups in total. The molecule has 0 saturated carbocycles. The Bertz CT molecular complexity index is 723. The molecule has 4 nitrogen and oxygen atoms in total. The van der Waals surface area contributed by atoms with E-state index in [0.29, 0.717) is 30.0 Å². The van der Waals surface area contributed by atoms with Crippen molar-refractivity contribution in [3.63, 3.8) is 0 Å². The minimum atomic E-state index is -0.0868. The third-order valence-corrected chi connectivity index (χ3v) is 4.47. The first-order valence-corrected chi connectivity index (χ1v) is 7.67. The first-order chi connectivity index (χ1) is 9.56. The second kappa shape index (κ2) is 5.47. The lowest BCUT2D eigenvalue weighted by Crippen LogP contribution is -2.26. The normalized spacial score (nSPS) is 18.9. The molecule has 0 aliphatic carbocycles. The summed E-state index contributed by atoms with van der Waals surface area (Å²) in [5, 5.41) is 0.833. The lowest BCUT2D eigenvalue weighted by Gasteiger charge is -2.13. The molecule has 1 aliphatic rings. The fraction of sp³-hybridized carbons (Fsp3) is 0.429. The summed E-state index contributed by atoms with van der Waals surface area (Å²) in [7, 11) is 0. The number of nitrogens with zero attached hydrogens (tertiary/aromatic N) is 2. The summed E-state index contributed by atoms with van der Waals surface area (Å²) in [6.07, 6.45) is 0.957. The van der Waals surface area contributed by atoms with E-state index in [2.05, 4.69) is 20.9 Å². The summed E-state index contributed by atoms with van der Waals surface area (Å²) in [4.78, 5) is 17.0. The number of ether oxygens (including phenoxy) is 1. The van der Waals surface area contributed by atoms with Crippen LogP contribution in [0.25, 0.3) is 10.9 Å². The number of rotatable bonds is 2. The van der Waals surface area contributed by atoms with E-state index < -0.39 is 0 Å². The molecule has 2 heterocycles. The van der Waals surface area contributed by atoms with E-state index in [9.17, 15) is 4.79 Å². The molecule has 106 valence electrons. The molecule has 2 aromatic rings. The summed E-state index contributed by atoms with van der Waals surface area (Å²) < 4.78 is 7.69. The van der Waals surface area contributed by atoms with Crippen molar-refractivity contribution in [1.82, 2.24) is 9.55 Å². The minimum Gasteiger partial charge on any atom is -0.381 e. The second-order valence-electron chi connectivity index (χ2n) is 5.17. The van der Waals surface area contributed by atoms with Crippen LogP contribution in [0.5, 0.6) is 0 Å². The van der Waals surface area contributed by atoms with Gasteiger partial charge in [0.15, 0.2) is 0 Å². The molecule has 1 aromatic heterocycles. The zero-order valence-electron chi connectivity index (χ0n) is 11.0. The van der Waals surface area contributed by atoms with E-state index >= 15 is 0 Å². The molecule has 0 amide bonds. The van der Waals surface area contributed by atoms with Crippen LogP contribution in [0.4, 0.5) is 0 Å². The molecule has 6 heteroatoms. The highest BCUT2D eigenvalue weighted by Crippen LogP contribution is 2.24. The third kappa shape index (κ3) is 2.50. The van der Waals surface area contributed by atoms with Crippen LogP contribution < -0.4 is 5.56 Å². The van der Waals surface area contributed by atoms with Crippen LogP contribution in [0.2, 0.25) is 5.28 Å². The average Bonchev–Trinajstić information content (AvgIpc) is 2.89. The standard InChI is InChI=1S/C14H14BrClN2O2/c1-8-4-10-12(11(15)5-8)17-14(16)18(13(10)19)6-9-2-3-20-7-9/h4-5,9H,2-3,6-7H2,1H3. The minimum absolute atomic E-state index is 0.0868. The maximum Gasteiger partial charge on any atom is 0.262 e. The molecule has 1 aromatic carbocycles. The lowest BCUT2D eigenvalue weighted by atomic mass is 10.1. The number of hydrogen-bond donors (Lipinski definition) is 0. The van der Waals surface area contributed by atoms with Crippen molar-refractivity contribution >= 4 is 38.4 Å². The van der Waals surface area contributed by atoms with Crippen molar-refractivity contribution in [3.8, 4) is 0 Å². The van der Waals surface area contributed by atoms with Gasteiger partial charge in [0.05, 0.1) is 17.5 Å². The number of benzene rings is 1. The van der Waals surface area contributed by atoms with Gasteiger partial charge in [-0.25, -0.2) is 4.98 Å². The van der Waals surface area contributed by atoms with Crippen molar-refractivity contribution in [2.24, 2.45) is 5.92 Å². The highest BCUT2D eigenvalue weighted by atomic mass is 79.9. The maximum atomic E-state index is 12.6. The zero-order chi connectivity index (χ0) is 14.3. The first-order valence-electron chi connectivity index (χ1n) is 6.50. The Morgan fingerprint density at radius 1 is 1.55 bits per heavy atom. The van der Waals surface area contributed by atoms with Crippen LogP contribution in [0.1, 0.15) is 12.0 Å². The Labute approximate surface area is 129 Å². The van der Waals surface area contributed by atoms with E-state index in [1.54, 1.807) is 4.57 Å². The quantitative estimate of drug-likeness (QED) is 0.776. The number of fused-ring (bicyclic) bond motifs is 1. The fourth-order valence-electron chi connectivity index (χ4n) is 2.54. The van der Waals surface area contributed by atoms with Gasteiger partial charge in [0.25, 0.3) is 5.56 Å². The van der Waals surface area contributed by atoms with Gasteiger partial charge in [-0.05, 0) is 58.6 Å². The monoisotopic (exact) mass is 356 g/mol. The highest BCUT2D eigenvalue weighted by molar-refractivity contribution is 9.10. The average molecular weight is 358 g/mol. The molecule has 3 rings (SSSR count). The number of hydrogen-bond acceptors (Lipinski definition) is 3. The van der Waals surface area contributed by atoms with Gasteiger partial charge >= 0.3 is 0 Å². The van der Waals surface area contributed by atoms with Crippen LogP contribution in [0.3, 0.4) is 0 Å². The Morgan fingerprint density at radius 2 is 2.35 bits per heavy atom. The molecular formula is C14H14BrClN2O2. The molecular weight excluding hydrogens is 344 g/mol. The Morgan fingerprint density at radius 3 is 3.05 bits per heavy atom. The van der Waals surface area contributed by atoms with Crippen molar-refractivity contribution in [1.29, 1.82) is 0 Å². The van der Waals surface area contributed by atoms with Crippen molar-refractivity contribution in [2.45, 2.75) is 19.9 Å². The van der Waals surface area contributed by atoms with E-state index in [4.69, 9.17) is 16.3 Å². The summed E-state index contributed by atoms with van der Waals surface area (Å²) >= 11 is 9.63. The van der Waals surface area contributed by atoms with Gasteiger partial charge < -0.3 is 4.74 Å². The number of aryl methyl sites for hydroxylation is 1. The van der Waals surface area contributed by atoms with Gasteiger partial charge in [-0.1, -0.05) is 0 Å². The molecule has 1 atom stereocenters. The molecule has 0 bridgehead atoms. The summed E-state index contributed by atoms with van der Waals surface area (Å²) in [5.74, 6) is 0.331. The predicted octanol–water partition coefficient (Wildman–Crippen LogP) is 3.16. The zero-order valence-corrected chi connectivity index (χ0v) is 13.4. The molecule has 1 unspecified atom stereocenters. The number of halogens is 2. The maximum absolute atomic E-state index is 12.6. The van der Waals surface area contributed by atoms with E-state index in [1.165, 1.54) is 0 Å². The van der Waals surface area contributed by atoms with Crippen molar-refractivity contribution in [2.75, 3.05) is 13.2 Å². The third-order valence-electron chi connectivity index (χ3n) is 3.57. The van der Waals surface area contributed by atoms with Crippen molar-refractivity contribution in [3.05, 3.63) is 37.8 Å². The molecule has 0 radical (unpaired) electrons. The Hall–Kier alpha value is -0.910. The Kier molecular flexibility index (Phi) is 3.84. The molecule has 1 aliphatic heterocycles. The molecule has 1 fully saturated rings. The van der Waals surface area contributed by atoms with E-state index in [-0.39, 0.29) is 10.8 Å². The van der Waals surface area contributed by atoms with Gasteiger partial charge in [-0.3, -0.25) is 9.36 Å². The lowest BCUT2D eigenvalue weighted by molar-refractivity contribution is 0.182. The predicted molar refractivity (Wildman–Crippen MR) is 82.4 cm³/mol. The Balaban J connectivity index is 2.15. The second-order valence-corrected chi connectivity index (χ2v) is 6.36. The SMILES string of the molecule is Cc1cc(Br)c2nc(Cl)n(CC3CCOC3)c(=O)c2c1. The van der Waals surface area contributed by atoms with E-state index in [1.807, 2.05) is 19.1 Å². The summed E-state index contributed by atoms with van der Waals surface area (Å²) in [6.45, 7) is 3.95. The van der Waals surface area contributed by atoms with Gasteiger partial charge in [0.1, 0.15) is 0 Å². The van der Waals surface area contributed by atoms with Crippen LogP contribution in [-0.4, -0.2) is 22.8 Å². The number of aromatic nitrogens is 2. The highest BCUT2D eigenvalue weighted by Gasteiger charge is 2.20. The summed E-state index contributed by atoms with van der Waals surface area (Å²) in [6, 6.07) is 3.79. The van der Waals surface area contributed by atoms with Crippen LogP contribution in [-0.2, 0) is 11.3 Å². The van der Waals surface area contributed by atoms with E-state index in [0.717, 1.165) is 23.1 Å². The van der Waals surface area contributed by atoms with Gasteiger partial charge in [-0.2, -0.15) is 0 Å². The van der Waals surface area contributed by atoms with Gasteiger partial charge in [0, 0.05) is 23.5 Å². The largest absolute Gasteiger partial charge is 0.381 e. The topological polar surface area (TPSA) is 44.1 Å². The van der Waals surface area contributed by atoms with Crippen LogP contribution >= 0.6 is 27.5 Å². The molecule has 20 heavy (non-hydrogen) atoms. The van der Waals surface area contributed by atoms with Gasteiger partial charge in [0.2, 0.25) is 5.28 Å². The molecule has 0 spiro atoms. The van der Waals surface area contributed by atoms with Gasteiger partial charge in [-0.15, -0.1) is 0 Å². The fourth-order valence-corrected chi connectivity index (χ4v) is 3.43. The molecule has 1 saturated heterocycles. The first kappa shape index (κ1) is 14.0. The smallest absolute Gasteiger partial charge is 0.262 e. The van der Waals surface area contributed by atoms with Crippen LogP contribution in [0.15, 0.2) is 21.4 Å².